The molecule has 4 N–H and O–H groups in total. The lowest BCUT2D eigenvalue weighted by molar-refractivity contribution is -0.119. The van der Waals surface area contributed by atoms with Crippen LogP contribution in [0.3, 0.4) is 0 Å². The van der Waals surface area contributed by atoms with Crippen LogP contribution >= 0.6 is 0 Å². The second-order valence-electron chi connectivity index (χ2n) is 10.3. The summed E-state index contributed by atoms with van der Waals surface area (Å²) in [5, 5.41) is 5.60. The van der Waals surface area contributed by atoms with Crippen molar-refractivity contribution in [2.24, 2.45) is 11.7 Å². The maximum atomic E-state index is 13.0. The molecular formula is C34H45FN4O3. The van der Waals surface area contributed by atoms with Crippen LogP contribution in [0.1, 0.15) is 73.2 Å². The number of aryl methyl sites for hydroxylation is 1. The highest BCUT2D eigenvalue weighted by Gasteiger charge is 2.24. The Morgan fingerprint density at radius 1 is 0.881 bits per heavy atom. The van der Waals surface area contributed by atoms with Crippen molar-refractivity contribution in [3.05, 3.63) is 101 Å². The average molecular weight is 577 g/mol. The minimum absolute atomic E-state index is 0.0621. The van der Waals surface area contributed by atoms with E-state index in [1.54, 1.807) is 43.0 Å². The topological polar surface area (TPSA) is 105 Å². The van der Waals surface area contributed by atoms with E-state index in [0.717, 1.165) is 25.9 Å². The first-order chi connectivity index (χ1) is 20.1. The minimum Gasteiger partial charge on any atom is -0.348 e. The van der Waals surface area contributed by atoms with E-state index in [-0.39, 0.29) is 23.5 Å². The molecule has 0 spiro atoms. The Labute approximate surface area is 249 Å². The molecule has 3 atom stereocenters. The number of benzene rings is 3. The van der Waals surface area contributed by atoms with E-state index in [2.05, 4.69) is 29.7 Å². The van der Waals surface area contributed by atoms with Crippen molar-refractivity contribution >= 4 is 23.4 Å². The van der Waals surface area contributed by atoms with Gasteiger partial charge in [-0.15, -0.1) is 0 Å². The van der Waals surface area contributed by atoms with Gasteiger partial charge < -0.3 is 21.3 Å². The zero-order chi connectivity index (χ0) is 31.1. The van der Waals surface area contributed by atoms with E-state index in [4.69, 9.17) is 5.73 Å². The molecule has 1 fully saturated rings. The molecule has 3 unspecified atom stereocenters. The van der Waals surface area contributed by atoms with Gasteiger partial charge in [-0.1, -0.05) is 62.7 Å². The van der Waals surface area contributed by atoms with Crippen molar-refractivity contribution in [3.63, 3.8) is 0 Å². The Morgan fingerprint density at radius 3 is 2.05 bits per heavy atom. The number of hydrogen-bond acceptors (Lipinski definition) is 4. The number of amides is 3. The fourth-order valence-corrected chi connectivity index (χ4v) is 4.35. The lowest BCUT2D eigenvalue weighted by atomic mass is 9.96. The predicted molar refractivity (Wildman–Crippen MR) is 168 cm³/mol. The van der Waals surface area contributed by atoms with Crippen LogP contribution in [0, 0.1) is 18.7 Å². The largest absolute Gasteiger partial charge is 0.348 e. The number of carbonyl (C=O) groups is 3. The fourth-order valence-electron chi connectivity index (χ4n) is 4.35. The molecule has 0 radical (unpaired) electrons. The van der Waals surface area contributed by atoms with Crippen LogP contribution in [0.5, 0.6) is 0 Å². The molecular weight excluding hydrogens is 531 g/mol. The maximum absolute atomic E-state index is 13.0. The number of carbonyl (C=O) groups excluding carboxylic acids is 3. The van der Waals surface area contributed by atoms with E-state index in [9.17, 15) is 18.8 Å². The van der Waals surface area contributed by atoms with Crippen molar-refractivity contribution < 1.29 is 18.8 Å². The molecule has 1 heterocycles. The van der Waals surface area contributed by atoms with Crippen molar-refractivity contribution in [2.45, 2.75) is 66.0 Å². The molecule has 0 aliphatic carbocycles. The van der Waals surface area contributed by atoms with Gasteiger partial charge in [0, 0.05) is 47.9 Å². The molecule has 0 saturated carbocycles. The normalized spacial score (nSPS) is 14.2. The van der Waals surface area contributed by atoms with E-state index >= 15 is 0 Å². The van der Waals surface area contributed by atoms with Gasteiger partial charge in [0.15, 0.2) is 0 Å². The second kappa shape index (κ2) is 17.7. The van der Waals surface area contributed by atoms with Gasteiger partial charge in [-0.3, -0.25) is 14.4 Å². The summed E-state index contributed by atoms with van der Waals surface area (Å²) >= 11 is 0. The third kappa shape index (κ3) is 11.1. The molecule has 7 nitrogen and oxygen atoms in total. The van der Waals surface area contributed by atoms with Crippen LogP contribution in [0.4, 0.5) is 10.1 Å². The first-order valence-electron chi connectivity index (χ1n) is 14.7. The first-order valence-corrected chi connectivity index (χ1v) is 14.7. The van der Waals surface area contributed by atoms with Crippen LogP contribution in [-0.4, -0.2) is 47.8 Å². The highest BCUT2D eigenvalue weighted by Crippen LogP contribution is 2.16. The summed E-state index contributed by atoms with van der Waals surface area (Å²) in [4.78, 5) is 39.6. The Hall–Kier alpha value is -4.04. The predicted octanol–water partition coefficient (Wildman–Crippen LogP) is 6.19. The third-order valence-corrected chi connectivity index (χ3v) is 6.89. The lowest BCUT2D eigenvalue weighted by Gasteiger charge is -2.24. The van der Waals surface area contributed by atoms with E-state index in [0.29, 0.717) is 23.2 Å². The molecule has 3 aromatic rings. The zero-order valence-electron chi connectivity index (χ0n) is 25.4. The van der Waals surface area contributed by atoms with Gasteiger partial charge in [-0.05, 0) is 75.6 Å². The summed E-state index contributed by atoms with van der Waals surface area (Å²) in [5.41, 5.74) is 8.96. The van der Waals surface area contributed by atoms with Crippen LogP contribution in [0.25, 0.3) is 0 Å². The van der Waals surface area contributed by atoms with Gasteiger partial charge in [0.25, 0.3) is 11.8 Å². The molecule has 226 valence electrons. The molecule has 3 amide bonds. The van der Waals surface area contributed by atoms with Crippen molar-refractivity contribution in [2.75, 3.05) is 18.4 Å². The SMILES string of the molecule is CC.CC(CC(N)C(C)NC(=O)c1cccc(C(=O)N2CCCC2)c1)C(=O)Nc1ccc(F)cc1.Cc1ccccc1. The number of likely N-dealkylation sites (tertiary alicyclic amines) is 1. The molecule has 1 aliphatic rings. The standard InChI is InChI=1S/C25H31FN4O3.C7H8.C2H6/c1-16(23(31)29-21-10-8-20(26)9-11-21)14-22(27)17(2)28-24(32)18-6-5-7-19(15-18)25(33)30-12-3-4-13-30;1-7-5-3-2-4-6-7;1-2/h5-11,15-17,22H,3-4,12-14,27H2,1-2H3,(H,28,32)(H,29,31);2-6H,1H3;1-2H3. The smallest absolute Gasteiger partial charge is 0.253 e. The quantitative estimate of drug-likeness (QED) is 0.297. The van der Waals surface area contributed by atoms with Crippen molar-refractivity contribution in [3.8, 4) is 0 Å². The summed E-state index contributed by atoms with van der Waals surface area (Å²) in [6.07, 6.45) is 2.35. The van der Waals surface area contributed by atoms with Gasteiger partial charge in [-0.2, -0.15) is 0 Å². The second-order valence-corrected chi connectivity index (χ2v) is 10.3. The number of anilines is 1. The first kappa shape index (κ1) is 34.2. The van der Waals surface area contributed by atoms with Gasteiger partial charge in [0.2, 0.25) is 5.91 Å². The van der Waals surface area contributed by atoms with E-state index < -0.39 is 18.0 Å². The molecule has 0 bridgehead atoms. The highest BCUT2D eigenvalue weighted by molar-refractivity contribution is 6.00. The molecule has 1 aliphatic heterocycles. The van der Waals surface area contributed by atoms with Gasteiger partial charge in [0.05, 0.1) is 0 Å². The third-order valence-electron chi connectivity index (χ3n) is 6.89. The average Bonchev–Trinajstić information content (AvgIpc) is 3.55. The Balaban J connectivity index is 0.000000590. The van der Waals surface area contributed by atoms with Gasteiger partial charge in [0.1, 0.15) is 5.82 Å². The minimum atomic E-state index is -0.461. The number of nitrogens with one attached hydrogen (secondary N) is 2. The summed E-state index contributed by atoms with van der Waals surface area (Å²) in [6, 6.07) is 21.6. The summed E-state index contributed by atoms with van der Waals surface area (Å²) in [5.74, 6) is -1.40. The monoisotopic (exact) mass is 576 g/mol. The Kier molecular flexibility index (Phi) is 14.4. The van der Waals surface area contributed by atoms with E-state index in [1.165, 1.54) is 29.8 Å². The van der Waals surface area contributed by atoms with Crippen LogP contribution in [0.15, 0.2) is 78.9 Å². The zero-order valence-corrected chi connectivity index (χ0v) is 25.4. The van der Waals surface area contributed by atoms with Crippen molar-refractivity contribution in [1.29, 1.82) is 0 Å². The molecule has 8 heteroatoms. The van der Waals surface area contributed by atoms with Gasteiger partial charge in [-0.25, -0.2) is 4.39 Å². The van der Waals surface area contributed by atoms with Crippen LogP contribution in [-0.2, 0) is 4.79 Å². The number of nitrogens with two attached hydrogens (primary N) is 1. The molecule has 3 aromatic carbocycles. The molecule has 1 saturated heterocycles. The summed E-state index contributed by atoms with van der Waals surface area (Å²) in [6.45, 7) is 11.1. The van der Waals surface area contributed by atoms with Crippen LogP contribution in [0.2, 0.25) is 0 Å². The van der Waals surface area contributed by atoms with E-state index in [1.807, 2.05) is 32.0 Å². The molecule has 4 rings (SSSR count). The fraction of sp³-hybridized carbons (Fsp3) is 0.382. The maximum Gasteiger partial charge on any atom is 0.253 e. The summed E-state index contributed by atoms with van der Waals surface area (Å²) in [7, 11) is 0. The number of hydrogen-bond donors (Lipinski definition) is 3. The Bertz CT molecular complexity index is 1260. The van der Waals surface area contributed by atoms with Gasteiger partial charge >= 0.3 is 0 Å². The van der Waals surface area contributed by atoms with Crippen LogP contribution < -0.4 is 16.4 Å². The highest BCUT2D eigenvalue weighted by atomic mass is 19.1. The molecule has 42 heavy (non-hydrogen) atoms. The number of nitrogens with zero attached hydrogens (tertiary/aromatic N) is 1. The molecule has 0 aromatic heterocycles. The lowest BCUT2D eigenvalue weighted by Crippen LogP contribution is -2.47. The number of rotatable bonds is 8. The number of halogens is 1. The Morgan fingerprint density at radius 2 is 1.48 bits per heavy atom. The van der Waals surface area contributed by atoms with Crippen molar-refractivity contribution in [1.82, 2.24) is 10.2 Å². The summed E-state index contributed by atoms with van der Waals surface area (Å²) < 4.78 is 13.0.